The molecule has 7 nitrogen and oxygen atoms in total. The third-order valence-electron chi connectivity index (χ3n) is 4.73. The van der Waals surface area contributed by atoms with Gasteiger partial charge in [-0.15, -0.1) is 11.3 Å². The number of carbonyl (C=O) groups is 3. The summed E-state index contributed by atoms with van der Waals surface area (Å²) in [6, 6.07) is 17.2. The first-order chi connectivity index (χ1) is 16.1. The second-order valence-electron chi connectivity index (χ2n) is 7.25. The minimum absolute atomic E-state index is 0.155. The van der Waals surface area contributed by atoms with Gasteiger partial charge < -0.3 is 20.7 Å². The molecule has 3 amide bonds. The van der Waals surface area contributed by atoms with Crippen LogP contribution >= 0.6 is 11.3 Å². The molecule has 0 aliphatic carbocycles. The normalized spacial score (nSPS) is 10.3. The third-order valence-corrected chi connectivity index (χ3v) is 5.60. The molecule has 33 heavy (non-hydrogen) atoms. The average molecular weight is 466 g/mol. The number of carbonyl (C=O) groups excluding carboxylic acids is 3. The molecule has 8 heteroatoms. The molecule has 0 saturated carbocycles. The van der Waals surface area contributed by atoms with Gasteiger partial charge in [0.25, 0.3) is 17.7 Å². The van der Waals surface area contributed by atoms with Crippen LogP contribution in [0.1, 0.15) is 50.2 Å². The van der Waals surface area contributed by atoms with E-state index in [0.717, 1.165) is 18.6 Å². The van der Waals surface area contributed by atoms with Crippen LogP contribution in [0.15, 0.2) is 66.0 Å². The van der Waals surface area contributed by atoms with E-state index in [1.165, 1.54) is 11.3 Å². The lowest BCUT2D eigenvalue weighted by molar-refractivity contribution is 0.0929. The summed E-state index contributed by atoms with van der Waals surface area (Å²) in [7, 11) is 0. The molecule has 0 radical (unpaired) electrons. The molecule has 0 atom stereocenters. The first-order valence-electron chi connectivity index (χ1n) is 10.8. The van der Waals surface area contributed by atoms with Gasteiger partial charge in [0.05, 0.1) is 11.5 Å². The van der Waals surface area contributed by atoms with E-state index in [0.29, 0.717) is 41.4 Å². The summed E-state index contributed by atoms with van der Waals surface area (Å²) in [6.45, 7) is 3.41. The van der Waals surface area contributed by atoms with Gasteiger partial charge in [-0.1, -0.05) is 19.4 Å². The van der Waals surface area contributed by atoms with E-state index < -0.39 is 0 Å². The predicted molar refractivity (Wildman–Crippen MR) is 130 cm³/mol. The molecule has 1 heterocycles. The van der Waals surface area contributed by atoms with Crippen LogP contribution in [0.2, 0.25) is 0 Å². The number of benzene rings is 2. The number of rotatable bonds is 11. The molecule has 3 N–H and O–H groups in total. The van der Waals surface area contributed by atoms with Crippen molar-refractivity contribution in [3.63, 3.8) is 0 Å². The number of thiophene rings is 1. The summed E-state index contributed by atoms with van der Waals surface area (Å²) in [4.78, 5) is 37.2. The van der Waals surface area contributed by atoms with E-state index in [2.05, 4.69) is 22.9 Å². The Kier molecular flexibility index (Phi) is 9.02. The summed E-state index contributed by atoms with van der Waals surface area (Å²) in [5.74, 6) is 0.0881. The first-order valence-corrected chi connectivity index (χ1v) is 11.7. The maximum atomic E-state index is 12.5. The standard InChI is InChI=1S/C25H27N3O4S/c1-2-3-16-32-21-12-8-19(9-13-21)24(30)28-20-10-6-18(7-11-20)23(29)26-14-15-27-25(31)22-5-4-17-33-22/h4-13,17H,2-3,14-16H2,1H3,(H,26,29)(H,27,31)(H,28,30). The molecule has 0 aliphatic rings. The number of hydrogen-bond donors (Lipinski definition) is 3. The van der Waals surface area contributed by atoms with Gasteiger partial charge in [0, 0.05) is 29.9 Å². The molecule has 3 aromatic rings. The lowest BCUT2D eigenvalue weighted by Crippen LogP contribution is -2.34. The van der Waals surface area contributed by atoms with Crippen molar-refractivity contribution in [1.82, 2.24) is 10.6 Å². The smallest absolute Gasteiger partial charge is 0.261 e. The van der Waals surface area contributed by atoms with Gasteiger partial charge in [0.15, 0.2) is 0 Å². The topological polar surface area (TPSA) is 96.5 Å². The van der Waals surface area contributed by atoms with E-state index in [1.807, 2.05) is 11.4 Å². The van der Waals surface area contributed by atoms with Gasteiger partial charge in [-0.3, -0.25) is 14.4 Å². The number of ether oxygens (including phenoxy) is 1. The molecule has 1 aromatic heterocycles. The Balaban J connectivity index is 1.42. The van der Waals surface area contributed by atoms with Crippen molar-refractivity contribution >= 4 is 34.7 Å². The van der Waals surface area contributed by atoms with E-state index in [4.69, 9.17) is 4.74 Å². The van der Waals surface area contributed by atoms with Crippen LogP contribution in [0.3, 0.4) is 0 Å². The molecule has 0 unspecified atom stereocenters. The van der Waals surface area contributed by atoms with Gasteiger partial charge in [0.1, 0.15) is 5.75 Å². The van der Waals surface area contributed by atoms with Crippen LogP contribution in [0.25, 0.3) is 0 Å². The Hall–Kier alpha value is -3.65. The van der Waals surface area contributed by atoms with Crippen molar-refractivity contribution in [2.75, 3.05) is 25.0 Å². The molecule has 0 fully saturated rings. The van der Waals surface area contributed by atoms with Crippen LogP contribution in [0.4, 0.5) is 5.69 Å². The fourth-order valence-corrected chi connectivity index (χ4v) is 3.53. The Bertz CT molecular complexity index is 1050. The molecule has 0 spiro atoms. The maximum absolute atomic E-state index is 12.5. The van der Waals surface area contributed by atoms with Crippen molar-refractivity contribution in [2.24, 2.45) is 0 Å². The SMILES string of the molecule is CCCCOc1ccc(C(=O)Nc2ccc(C(=O)NCCNC(=O)c3cccs3)cc2)cc1. The Morgan fingerprint density at radius 2 is 1.45 bits per heavy atom. The molecule has 2 aromatic carbocycles. The van der Waals surface area contributed by atoms with Gasteiger partial charge in [-0.05, 0) is 66.4 Å². The van der Waals surface area contributed by atoms with Gasteiger partial charge in [-0.25, -0.2) is 0 Å². The summed E-state index contributed by atoms with van der Waals surface area (Å²) < 4.78 is 5.61. The minimum Gasteiger partial charge on any atom is -0.494 e. The molecule has 172 valence electrons. The largest absolute Gasteiger partial charge is 0.494 e. The molecular weight excluding hydrogens is 438 g/mol. The minimum atomic E-state index is -0.253. The lowest BCUT2D eigenvalue weighted by atomic mass is 10.1. The highest BCUT2D eigenvalue weighted by Crippen LogP contribution is 2.15. The van der Waals surface area contributed by atoms with Crippen molar-refractivity contribution in [1.29, 1.82) is 0 Å². The number of anilines is 1. The summed E-state index contributed by atoms with van der Waals surface area (Å²) in [5.41, 5.74) is 1.57. The van der Waals surface area contributed by atoms with Crippen molar-refractivity contribution < 1.29 is 19.1 Å². The zero-order valence-corrected chi connectivity index (χ0v) is 19.2. The van der Waals surface area contributed by atoms with E-state index >= 15 is 0 Å². The third kappa shape index (κ3) is 7.47. The Labute approximate surface area is 197 Å². The number of amides is 3. The van der Waals surface area contributed by atoms with E-state index in [1.54, 1.807) is 54.6 Å². The fourth-order valence-electron chi connectivity index (χ4n) is 2.89. The first kappa shape index (κ1) is 24.0. The second-order valence-corrected chi connectivity index (χ2v) is 8.19. The molecule has 0 saturated heterocycles. The zero-order valence-electron chi connectivity index (χ0n) is 18.4. The number of hydrogen-bond acceptors (Lipinski definition) is 5. The highest BCUT2D eigenvalue weighted by atomic mass is 32.1. The van der Waals surface area contributed by atoms with Crippen molar-refractivity contribution in [3.8, 4) is 5.75 Å². The molecular formula is C25H27N3O4S. The highest BCUT2D eigenvalue weighted by Gasteiger charge is 2.09. The lowest BCUT2D eigenvalue weighted by Gasteiger charge is -2.09. The monoisotopic (exact) mass is 465 g/mol. The van der Waals surface area contributed by atoms with Gasteiger partial charge >= 0.3 is 0 Å². The summed E-state index contributed by atoms with van der Waals surface area (Å²) in [5, 5.41) is 10.2. The predicted octanol–water partition coefficient (Wildman–Crippen LogP) is 4.34. The van der Waals surface area contributed by atoms with Gasteiger partial charge in [-0.2, -0.15) is 0 Å². The molecule has 0 bridgehead atoms. The van der Waals surface area contributed by atoms with E-state index in [-0.39, 0.29) is 17.7 Å². The second kappa shape index (κ2) is 12.4. The fraction of sp³-hybridized carbons (Fsp3) is 0.240. The average Bonchev–Trinajstić information content (AvgIpc) is 3.38. The zero-order chi connectivity index (χ0) is 23.5. The number of unbranched alkanes of at least 4 members (excludes halogenated alkanes) is 1. The van der Waals surface area contributed by atoms with E-state index in [9.17, 15) is 14.4 Å². The summed E-state index contributed by atoms with van der Waals surface area (Å²) >= 11 is 1.37. The van der Waals surface area contributed by atoms with Crippen LogP contribution in [-0.2, 0) is 0 Å². The summed E-state index contributed by atoms with van der Waals surface area (Å²) in [6.07, 6.45) is 2.05. The number of nitrogens with one attached hydrogen (secondary N) is 3. The quantitative estimate of drug-likeness (QED) is 0.367. The maximum Gasteiger partial charge on any atom is 0.261 e. The van der Waals surface area contributed by atoms with Crippen LogP contribution in [-0.4, -0.2) is 37.4 Å². The Morgan fingerprint density at radius 3 is 2.09 bits per heavy atom. The van der Waals surface area contributed by atoms with Crippen molar-refractivity contribution in [2.45, 2.75) is 19.8 Å². The molecule has 3 rings (SSSR count). The van der Waals surface area contributed by atoms with Crippen molar-refractivity contribution in [3.05, 3.63) is 82.0 Å². The van der Waals surface area contributed by atoms with Crippen LogP contribution in [0.5, 0.6) is 5.75 Å². The van der Waals surface area contributed by atoms with Gasteiger partial charge in [0.2, 0.25) is 0 Å². The highest BCUT2D eigenvalue weighted by molar-refractivity contribution is 7.12. The van der Waals surface area contributed by atoms with Crippen LogP contribution < -0.4 is 20.7 Å². The Morgan fingerprint density at radius 1 is 0.818 bits per heavy atom. The van der Waals surface area contributed by atoms with Crippen LogP contribution in [0, 0.1) is 0 Å². The molecule has 0 aliphatic heterocycles.